The molecule has 0 aromatic heterocycles. The molecule has 0 bridgehead atoms. The zero-order valence-electron chi connectivity index (χ0n) is 16.4. The molecule has 0 aromatic carbocycles. The lowest BCUT2D eigenvalue weighted by atomic mass is 10.1. The van der Waals surface area contributed by atoms with E-state index in [1.807, 2.05) is 12.2 Å². The average Bonchev–Trinajstić information content (AvgIpc) is 2.63. The fourth-order valence-corrected chi connectivity index (χ4v) is 2.63. The van der Waals surface area contributed by atoms with Crippen LogP contribution >= 0.6 is 0 Å². The number of rotatable bonds is 18. The third kappa shape index (κ3) is 18.9. The second-order valence-corrected chi connectivity index (χ2v) is 6.64. The molecule has 0 spiro atoms. The summed E-state index contributed by atoms with van der Waals surface area (Å²) in [6.45, 7) is 2.09. The van der Waals surface area contributed by atoms with Crippen molar-refractivity contribution in [2.45, 2.75) is 96.5 Å². The molecular formula is C22H38O4. The fraction of sp³-hybridized carbons (Fsp3) is 0.682. The zero-order valence-corrected chi connectivity index (χ0v) is 16.4. The number of carboxylic acids is 1. The first kappa shape index (κ1) is 24.6. The van der Waals surface area contributed by atoms with Crippen molar-refractivity contribution in [1.82, 2.24) is 0 Å². The predicted octanol–water partition coefficient (Wildman–Crippen LogP) is 6.69. The van der Waals surface area contributed by atoms with Crippen molar-refractivity contribution in [3.8, 4) is 0 Å². The van der Waals surface area contributed by atoms with E-state index >= 15 is 0 Å². The molecule has 2 N–H and O–H groups in total. The first-order chi connectivity index (χ1) is 12.7. The molecule has 0 aliphatic rings. The van der Waals surface area contributed by atoms with Gasteiger partial charge in [0.2, 0.25) is 0 Å². The fourth-order valence-electron chi connectivity index (χ4n) is 2.63. The second kappa shape index (κ2) is 19.9. The van der Waals surface area contributed by atoms with Gasteiger partial charge in [-0.25, -0.2) is 4.89 Å². The van der Waals surface area contributed by atoms with Crippen LogP contribution in [-0.4, -0.2) is 22.4 Å². The van der Waals surface area contributed by atoms with Crippen LogP contribution in [0.25, 0.3) is 0 Å². The number of hydrogen-bond donors (Lipinski definition) is 2. The summed E-state index contributed by atoms with van der Waals surface area (Å²) in [5.41, 5.74) is 0. The first-order valence-corrected chi connectivity index (χ1v) is 10.2. The van der Waals surface area contributed by atoms with Crippen molar-refractivity contribution in [1.29, 1.82) is 0 Å². The Bertz CT molecular complexity index is 399. The third-order valence-electron chi connectivity index (χ3n) is 4.18. The summed E-state index contributed by atoms with van der Waals surface area (Å²) in [6, 6.07) is 0. The van der Waals surface area contributed by atoms with E-state index in [4.69, 9.17) is 10.4 Å². The van der Waals surface area contributed by atoms with E-state index in [0.717, 1.165) is 44.9 Å². The van der Waals surface area contributed by atoms with E-state index in [-0.39, 0.29) is 6.10 Å². The van der Waals surface area contributed by atoms with Crippen LogP contribution < -0.4 is 0 Å². The molecule has 1 atom stereocenters. The Labute approximate surface area is 159 Å². The molecule has 0 amide bonds. The van der Waals surface area contributed by atoms with Crippen molar-refractivity contribution >= 4 is 5.97 Å². The van der Waals surface area contributed by atoms with E-state index in [1.54, 1.807) is 0 Å². The van der Waals surface area contributed by atoms with Gasteiger partial charge in [-0.15, -0.1) is 0 Å². The van der Waals surface area contributed by atoms with E-state index in [0.29, 0.717) is 12.8 Å². The van der Waals surface area contributed by atoms with Crippen LogP contribution in [0.1, 0.15) is 90.4 Å². The van der Waals surface area contributed by atoms with Gasteiger partial charge in [-0.05, 0) is 57.8 Å². The van der Waals surface area contributed by atoms with Crippen LogP contribution in [0.3, 0.4) is 0 Å². The van der Waals surface area contributed by atoms with Gasteiger partial charge in [-0.3, -0.25) is 10.1 Å². The lowest BCUT2D eigenvalue weighted by molar-refractivity contribution is -0.264. The highest BCUT2D eigenvalue weighted by molar-refractivity contribution is 5.66. The molecule has 0 aliphatic carbocycles. The molecule has 4 heteroatoms. The molecule has 0 saturated carbocycles. The molecule has 0 aliphatic heterocycles. The lowest BCUT2D eigenvalue weighted by Crippen LogP contribution is -2.05. The average molecular weight is 367 g/mol. The first-order valence-electron chi connectivity index (χ1n) is 10.2. The van der Waals surface area contributed by atoms with Gasteiger partial charge in [0, 0.05) is 6.42 Å². The molecule has 0 radical (unpaired) electrons. The largest absolute Gasteiger partial charge is 0.481 e. The highest BCUT2D eigenvalue weighted by Crippen LogP contribution is 2.09. The highest BCUT2D eigenvalue weighted by atomic mass is 17.1. The minimum absolute atomic E-state index is 0.230. The Morgan fingerprint density at radius 1 is 0.846 bits per heavy atom. The SMILES string of the molecule is CCC=CC[C@@H](C=CCCCCCCC=CCCCCCC(=O)O)OO. The molecule has 0 saturated heterocycles. The summed E-state index contributed by atoms with van der Waals surface area (Å²) in [5.74, 6) is -0.693. The number of aliphatic carboxylic acids is 1. The minimum Gasteiger partial charge on any atom is -0.481 e. The van der Waals surface area contributed by atoms with Gasteiger partial charge in [-0.1, -0.05) is 62.6 Å². The van der Waals surface area contributed by atoms with Gasteiger partial charge in [0.1, 0.15) is 6.10 Å². The topological polar surface area (TPSA) is 66.8 Å². The standard InChI is InChI=1S/C22H38O4/c1-2-3-15-18-21(26-25)19-16-13-11-9-7-5-4-6-8-10-12-14-17-20-22(23)24/h3,6,8,15-16,19,21,25H,2,4-5,7,9-14,17-18,20H2,1H3,(H,23,24)/t21-/m0/s1. The molecule has 150 valence electrons. The Morgan fingerprint density at radius 3 is 1.96 bits per heavy atom. The number of carboxylic acid groups (broad SMARTS) is 1. The zero-order chi connectivity index (χ0) is 19.3. The second-order valence-electron chi connectivity index (χ2n) is 6.64. The molecule has 4 nitrogen and oxygen atoms in total. The summed E-state index contributed by atoms with van der Waals surface area (Å²) in [6.07, 6.45) is 25.4. The maximum absolute atomic E-state index is 10.4. The summed E-state index contributed by atoms with van der Waals surface area (Å²) >= 11 is 0. The molecule has 0 fully saturated rings. The Hall–Kier alpha value is -1.39. The van der Waals surface area contributed by atoms with Gasteiger partial charge < -0.3 is 5.11 Å². The molecule has 0 rings (SSSR count). The molecule has 26 heavy (non-hydrogen) atoms. The smallest absolute Gasteiger partial charge is 0.303 e. The summed E-state index contributed by atoms with van der Waals surface area (Å²) < 4.78 is 0. The van der Waals surface area contributed by atoms with Gasteiger partial charge in [-0.2, -0.15) is 0 Å². The van der Waals surface area contributed by atoms with Gasteiger partial charge in [0.15, 0.2) is 0 Å². The summed E-state index contributed by atoms with van der Waals surface area (Å²) in [5, 5.41) is 17.4. The summed E-state index contributed by atoms with van der Waals surface area (Å²) in [7, 11) is 0. The molecule has 0 heterocycles. The van der Waals surface area contributed by atoms with Crippen LogP contribution in [0.15, 0.2) is 36.5 Å². The van der Waals surface area contributed by atoms with Crippen molar-refractivity contribution in [2.75, 3.05) is 0 Å². The Morgan fingerprint density at radius 2 is 1.42 bits per heavy atom. The van der Waals surface area contributed by atoms with Gasteiger partial charge >= 0.3 is 5.97 Å². The van der Waals surface area contributed by atoms with E-state index < -0.39 is 5.97 Å². The molecule has 0 unspecified atom stereocenters. The number of carbonyl (C=O) groups is 1. The Balaban J connectivity index is 3.41. The summed E-state index contributed by atoms with van der Waals surface area (Å²) in [4.78, 5) is 14.8. The van der Waals surface area contributed by atoms with E-state index in [9.17, 15) is 4.79 Å². The normalized spacial score (nSPS) is 13.3. The number of allylic oxidation sites excluding steroid dienone is 4. The quantitative estimate of drug-likeness (QED) is 0.123. The maximum Gasteiger partial charge on any atom is 0.303 e. The highest BCUT2D eigenvalue weighted by Gasteiger charge is 2.00. The molecule has 0 aromatic rings. The van der Waals surface area contributed by atoms with Crippen LogP contribution in [-0.2, 0) is 9.68 Å². The minimum atomic E-state index is -0.693. The number of hydrogen-bond acceptors (Lipinski definition) is 3. The number of unbranched alkanes of at least 4 members (excludes halogenated alkanes) is 8. The monoisotopic (exact) mass is 366 g/mol. The molecular weight excluding hydrogens is 328 g/mol. The van der Waals surface area contributed by atoms with Gasteiger partial charge in [0.05, 0.1) is 0 Å². The van der Waals surface area contributed by atoms with Crippen molar-refractivity contribution in [3.05, 3.63) is 36.5 Å². The van der Waals surface area contributed by atoms with Crippen molar-refractivity contribution < 1.29 is 20.0 Å². The maximum atomic E-state index is 10.4. The third-order valence-corrected chi connectivity index (χ3v) is 4.18. The van der Waals surface area contributed by atoms with Crippen LogP contribution in [0, 0.1) is 0 Å². The van der Waals surface area contributed by atoms with Crippen molar-refractivity contribution in [3.63, 3.8) is 0 Å². The predicted molar refractivity (Wildman–Crippen MR) is 108 cm³/mol. The lowest BCUT2D eigenvalue weighted by Gasteiger charge is -2.05. The van der Waals surface area contributed by atoms with Crippen LogP contribution in [0.4, 0.5) is 0 Å². The van der Waals surface area contributed by atoms with E-state index in [2.05, 4.69) is 36.1 Å². The van der Waals surface area contributed by atoms with Crippen LogP contribution in [0.2, 0.25) is 0 Å². The van der Waals surface area contributed by atoms with E-state index in [1.165, 1.54) is 25.7 Å². The van der Waals surface area contributed by atoms with Gasteiger partial charge in [0.25, 0.3) is 0 Å². The van der Waals surface area contributed by atoms with Crippen LogP contribution in [0.5, 0.6) is 0 Å². The van der Waals surface area contributed by atoms with Crippen molar-refractivity contribution in [2.24, 2.45) is 0 Å². The Kier molecular flexibility index (Phi) is 18.9.